The second-order valence-corrected chi connectivity index (χ2v) is 3.19. The Morgan fingerprint density at radius 2 is 1.67 bits per heavy atom. The zero-order chi connectivity index (χ0) is 9.07. The SMILES string of the molecule is C1=CCCCC1.CCCCCO. The summed E-state index contributed by atoms with van der Waals surface area (Å²) in [6.45, 7) is 2.48. The standard InChI is InChI=1S/C6H10.C5H12O/c1-2-4-6-5-3-1;1-2-3-4-5-6/h1-2H,3-6H2;6H,2-5H2,1H3. The van der Waals surface area contributed by atoms with E-state index in [-0.39, 0.29) is 0 Å². The number of unbranched alkanes of at least 4 members (excludes halogenated alkanes) is 2. The molecule has 0 aromatic rings. The maximum absolute atomic E-state index is 8.20. The molecule has 1 aliphatic rings. The first-order valence-electron chi connectivity index (χ1n) is 5.17. The van der Waals surface area contributed by atoms with Crippen LogP contribution in [0.4, 0.5) is 0 Å². The number of aliphatic hydroxyl groups is 1. The Morgan fingerprint density at radius 3 is 1.83 bits per heavy atom. The Bertz CT molecular complexity index is 85.2. The van der Waals surface area contributed by atoms with Crippen LogP contribution >= 0.6 is 0 Å². The molecule has 0 saturated carbocycles. The highest BCUT2D eigenvalue weighted by Gasteiger charge is 1.87. The highest BCUT2D eigenvalue weighted by atomic mass is 16.2. The van der Waals surface area contributed by atoms with E-state index in [1.54, 1.807) is 0 Å². The van der Waals surface area contributed by atoms with Gasteiger partial charge in [-0.25, -0.2) is 0 Å². The predicted molar refractivity (Wildman–Crippen MR) is 54.2 cm³/mol. The van der Waals surface area contributed by atoms with Gasteiger partial charge < -0.3 is 5.11 Å². The summed E-state index contributed by atoms with van der Waals surface area (Å²) in [6, 6.07) is 0. The van der Waals surface area contributed by atoms with Crippen LogP contribution in [0.25, 0.3) is 0 Å². The minimum Gasteiger partial charge on any atom is -0.396 e. The van der Waals surface area contributed by atoms with Crippen molar-refractivity contribution in [2.45, 2.75) is 51.9 Å². The molecule has 0 aromatic carbocycles. The lowest BCUT2D eigenvalue weighted by atomic mass is 10.1. The molecule has 1 aliphatic carbocycles. The minimum absolute atomic E-state index is 0.355. The fourth-order valence-corrected chi connectivity index (χ4v) is 1.12. The van der Waals surface area contributed by atoms with E-state index >= 15 is 0 Å². The summed E-state index contributed by atoms with van der Waals surface area (Å²) in [5.41, 5.74) is 0. The van der Waals surface area contributed by atoms with Gasteiger partial charge in [0.25, 0.3) is 0 Å². The van der Waals surface area contributed by atoms with Crippen LogP contribution < -0.4 is 0 Å². The van der Waals surface area contributed by atoms with E-state index in [4.69, 9.17) is 5.11 Å². The quantitative estimate of drug-likeness (QED) is 0.509. The Morgan fingerprint density at radius 1 is 1.08 bits per heavy atom. The van der Waals surface area contributed by atoms with Crippen LogP contribution in [0.1, 0.15) is 51.9 Å². The van der Waals surface area contributed by atoms with Gasteiger partial charge in [0.1, 0.15) is 0 Å². The summed E-state index contributed by atoms with van der Waals surface area (Å²) in [5, 5.41) is 8.20. The highest BCUT2D eigenvalue weighted by molar-refractivity contribution is 4.85. The molecular formula is C11H22O. The summed E-state index contributed by atoms with van der Waals surface area (Å²) >= 11 is 0. The third kappa shape index (κ3) is 9.70. The number of allylic oxidation sites excluding steroid dienone is 2. The molecule has 0 atom stereocenters. The van der Waals surface area contributed by atoms with Crippen LogP contribution in [0, 0.1) is 0 Å². The molecule has 0 unspecified atom stereocenters. The van der Waals surface area contributed by atoms with Gasteiger partial charge in [-0.3, -0.25) is 0 Å². The van der Waals surface area contributed by atoms with Crippen molar-refractivity contribution in [3.8, 4) is 0 Å². The molecule has 0 amide bonds. The van der Waals surface area contributed by atoms with Crippen molar-refractivity contribution in [2.75, 3.05) is 6.61 Å². The van der Waals surface area contributed by atoms with Crippen LogP contribution in [0.15, 0.2) is 12.2 Å². The first-order valence-corrected chi connectivity index (χ1v) is 5.17. The molecule has 0 aliphatic heterocycles. The van der Waals surface area contributed by atoms with Crippen LogP contribution in [-0.4, -0.2) is 11.7 Å². The summed E-state index contributed by atoms with van der Waals surface area (Å²) in [4.78, 5) is 0. The van der Waals surface area contributed by atoms with Gasteiger partial charge in [0.15, 0.2) is 0 Å². The fourth-order valence-electron chi connectivity index (χ4n) is 1.12. The van der Waals surface area contributed by atoms with Crippen molar-refractivity contribution < 1.29 is 5.11 Å². The van der Waals surface area contributed by atoms with Crippen molar-refractivity contribution in [1.82, 2.24) is 0 Å². The van der Waals surface area contributed by atoms with Gasteiger partial charge in [-0.05, 0) is 32.1 Å². The molecule has 12 heavy (non-hydrogen) atoms. The third-order valence-corrected chi connectivity index (χ3v) is 1.92. The third-order valence-electron chi connectivity index (χ3n) is 1.92. The molecule has 72 valence electrons. The van der Waals surface area contributed by atoms with Crippen molar-refractivity contribution in [3.05, 3.63) is 12.2 Å². The van der Waals surface area contributed by atoms with E-state index in [0.29, 0.717) is 6.61 Å². The van der Waals surface area contributed by atoms with Crippen LogP contribution in [0.3, 0.4) is 0 Å². The van der Waals surface area contributed by atoms with Crippen LogP contribution in [0.2, 0.25) is 0 Å². The molecular weight excluding hydrogens is 148 g/mol. The van der Waals surface area contributed by atoms with Gasteiger partial charge in [-0.2, -0.15) is 0 Å². The van der Waals surface area contributed by atoms with Crippen molar-refractivity contribution in [1.29, 1.82) is 0 Å². The number of aliphatic hydroxyl groups excluding tert-OH is 1. The topological polar surface area (TPSA) is 20.2 Å². The first kappa shape index (κ1) is 11.7. The van der Waals surface area contributed by atoms with Gasteiger partial charge in [-0.15, -0.1) is 0 Å². The summed E-state index contributed by atoms with van der Waals surface area (Å²) in [5.74, 6) is 0. The van der Waals surface area contributed by atoms with Crippen molar-refractivity contribution in [3.63, 3.8) is 0 Å². The van der Waals surface area contributed by atoms with Crippen LogP contribution in [0.5, 0.6) is 0 Å². The molecule has 0 spiro atoms. The molecule has 0 aromatic heterocycles. The number of hydrogen-bond acceptors (Lipinski definition) is 1. The number of rotatable bonds is 3. The summed E-state index contributed by atoms with van der Waals surface area (Å²) in [6.07, 6.45) is 13.3. The van der Waals surface area contributed by atoms with E-state index in [1.807, 2.05) is 0 Å². The summed E-state index contributed by atoms with van der Waals surface area (Å²) in [7, 11) is 0. The predicted octanol–water partition coefficient (Wildman–Crippen LogP) is 3.29. The second-order valence-electron chi connectivity index (χ2n) is 3.19. The lowest BCUT2D eigenvalue weighted by Gasteiger charge is -1.97. The Balaban J connectivity index is 0.000000202. The van der Waals surface area contributed by atoms with Gasteiger partial charge in [0.2, 0.25) is 0 Å². The smallest absolute Gasteiger partial charge is 0.0431 e. The summed E-state index contributed by atoms with van der Waals surface area (Å²) < 4.78 is 0. The molecule has 1 N–H and O–H groups in total. The molecule has 0 heterocycles. The maximum atomic E-state index is 8.20. The molecule has 0 radical (unpaired) electrons. The van der Waals surface area contributed by atoms with Gasteiger partial charge in [0, 0.05) is 6.61 Å². The second kappa shape index (κ2) is 10.7. The van der Waals surface area contributed by atoms with Gasteiger partial charge in [0.05, 0.1) is 0 Å². The Kier molecular flexibility index (Phi) is 10.4. The van der Waals surface area contributed by atoms with E-state index in [0.717, 1.165) is 12.8 Å². The van der Waals surface area contributed by atoms with Crippen molar-refractivity contribution in [2.24, 2.45) is 0 Å². The zero-order valence-corrected chi connectivity index (χ0v) is 8.26. The molecule has 1 nitrogen and oxygen atoms in total. The molecule has 0 saturated heterocycles. The monoisotopic (exact) mass is 170 g/mol. The average Bonchev–Trinajstić information content (AvgIpc) is 2.18. The number of hydrogen-bond donors (Lipinski definition) is 1. The van der Waals surface area contributed by atoms with Crippen LogP contribution in [-0.2, 0) is 0 Å². The first-order chi connectivity index (χ1) is 5.91. The molecule has 0 fully saturated rings. The lowest BCUT2D eigenvalue weighted by Crippen LogP contribution is -1.78. The normalized spacial score (nSPS) is 15.2. The zero-order valence-electron chi connectivity index (χ0n) is 8.26. The van der Waals surface area contributed by atoms with Gasteiger partial charge in [-0.1, -0.05) is 31.9 Å². The largest absolute Gasteiger partial charge is 0.396 e. The molecule has 0 bridgehead atoms. The van der Waals surface area contributed by atoms with Crippen molar-refractivity contribution >= 4 is 0 Å². The maximum Gasteiger partial charge on any atom is 0.0431 e. The fraction of sp³-hybridized carbons (Fsp3) is 0.818. The Labute approximate surface area is 76.5 Å². The lowest BCUT2D eigenvalue weighted by molar-refractivity contribution is 0.284. The average molecular weight is 170 g/mol. The minimum atomic E-state index is 0.355. The van der Waals surface area contributed by atoms with E-state index in [1.165, 1.54) is 32.1 Å². The van der Waals surface area contributed by atoms with E-state index < -0.39 is 0 Å². The van der Waals surface area contributed by atoms with E-state index in [9.17, 15) is 0 Å². The highest BCUT2D eigenvalue weighted by Crippen LogP contribution is 2.07. The molecule has 1 heteroatoms. The Hall–Kier alpha value is -0.300. The molecule has 1 rings (SSSR count). The van der Waals surface area contributed by atoms with E-state index in [2.05, 4.69) is 19.1 Å². The van der Waals surface area contributed by atoms with Gasteiger partial charge >= 0.3 is 0 Å².